The number of H-pyrrole nitrogens is 1. The Balaban J connectivity index is 1.57. The summed E-state index contributed by atoms with van der Waals surface area (Å²) in [5.74, 6) is 3.22. The van der Waals surface area contributed by atoms with E-state index in [0.29, 0.717) is 6.54 Å². The molecule has 1 unspecified atom stereocenters. The second-order valence-electron chi connectivity index (χ2n) is 8.65. The van der Waals surface area contributed by atoms with Gasteiger partial charge in [-0.25, -0.2) is 9.78 Å². The Morgan fingerprint density at radius 2 is 2.00 bits per heavy atom. The van der Waals surface area contributed by atoms with Crippen LogP contribution < -0.4 is 5.32 Å². The number of benzene rings is 2. The number of hydrogen-bond acceptors (Lipinski definition) is 4. The van der Waals surface area contributed by atoms with Gasteiger partial charge in [-0.05, 0) is 47.7 Å². The number of aromatic amines is 1. The lowest BCUT2D eigenvalue weighted by molar-refractivity contribution is -0.135. The van der Waals surface area contributed by atoms with Crippen LogP contribution in [0, 0.1) is 18.3 Å². The number of nitrogens with zero attached hydrogens (tertiary/aromatic N) is 2. The number of carbonyl (C=O) groups excluding carboxylic acids is 2. The normalized spacial score (nSPS) is 16.6. The second-order valence-corrected chi connectivity index (χ2v) is 8.65. The third-order valence-electron chi connectivity index (χ3n) is 6.16. The molecule has 1 aliphatic rings. The van der Waals surface area contributed by atoms with Crippen molar-refractivity contribution in [3.05, 3.63) is 54.0 Å². The third kappa shape index (κ3) is 4.56. The fourth-order valence-electron chi connectivity index (χ4n) is 4.35. The van der Waals surface area contributed by atoms with E-state index in [4.69, 9.17) is 11.2 Å². The van der Waals surface area contributed by atoms with Gasteiger partial charge >= 0.3 is 6.09 Å². The Morgan fingerprint density at radius 1 is 1.24 bits per heavy atom. The van der Waals surface area contributed by atoms with Crippen molar-refractivity contribution in [1.82, 2.24) is 20.2 Å². The average Bonchev–Trinajstić information content (AvgIpc) is 3.50. The van der Waals surface area contributed by atoms with E-state index < -0.39 is 12.1 Å². The standard InChI is InChI=1S/C26H28N4O3/c1-5-17-8-9-19-14-20(11-10-18(19)13-17)21-15-27-24(28-21)22-7-6-12-30(22)25(31)23(16(2)3)29-26(32)33-4/h1,8-11,13-16,22-23H,6-7,12H2,2-4H3,(H,27,28)(H,29,32)/t22-,23?/m0/s1. The van der Waals surface area contributed by atoms with Crippen LogP contribution in [-0.2, 0) is 9.53 Å². The topological polar surface area (TPSA) is 87.3 Å². The van der Waals surface area contributed by atoms with Gasteiger partial charge in [0.2, 0.25) is 5.91 Å². The summed E-state index contributed by atoms with van der Waals surface area (Å²) >= 11 is 0. The first-order chi connectivity index (χ1) is 15.9. The summed E-state index contributed by atoms with van der Waals surface area (Å²) in [6, 6.07) is 11.3. The molecule has 2 amide bonds. The third-order valence-corrected chi connectivity index (χ3v) is 6.16. The molecule has 2 atom stereocenters. The molecule has 0 bridgehead atoms. The van der Waals surface area contributed by atoms with Gasteiger partial charge in [-0.3, -0.25) is 4.79 Å². The maximum absolute atomic E-state index is 13.3. The van der Waals surface area contributed by atoms with Crippen molar-refractivity contribution in [2.24, 2.45) is 5.92 Å². The number of rotatable bonds is 5. The molecule has 0 saturated carbocycles. The van der Waals surface area contributed by atoms with Gasteiger partial charge in [-0.1, -0.05) is 38.0 Å². The summed E-state index contributed by atoms with van der Waals surface area (Å²) < 4.78 is 4.70. The SMILES string of the molecule is C#Cc1ccc2cc(-c3cnc([C@@H]4CCCN4C(=O)C(NC(=O)OC)C(C)C)[nH]3)ccc2c1. The van der Waals surface area contributed by atoms with Crippen LogP contribution in [0.2, 0.25) is 0 Å². The number of fused-ring (bicyclic) bond motifs is 1. The number of aromatic nitrogens is 2. The number of imidazole rings is 1. The van der Waals surface area contributed by atoms with Gasteiger partial charge < -0.3 is 19.9 Å². The number of methoxy groups -OCH3 is 1. The molecule has 0 radical (unpaired) electrons. The molecule has 2 heterocycles. The second kappa shape index (κ2) is 9.37. The maximum Gasteiger partial charge on any atom is 0.407 e. The molecule has 3 aromatic rings. The molecule has 7 nitrogen and oxygen atoms in total. The zero-order valence-corrected chi connectivity index (χ0v) is 19.1. The molecule has 1 saturated heterocycles. The molecule has 1 aliphatic heterocycles. The molecule has 0 spiro atoms. The summed E-state index contributed by atoms with van der Waals surface area (Å²) in [5.41, 5.74) is 2.75. The van der Waals surface area contributed by atoms with E-state index in [1.165, 1.54) is 7.11 Å². The highest BCUT2D eigenvalue weighted by atomic mass is 16.5. The Morgan fingerprint density at radius 3 is 2.73 bits per heavy atom. The number of terminal acetylenes is 1. The number of nitrogens with one attached hydrogen (secondary N) is 2. The van der Waals surface area contributed by atoms with Gasteiger partial charge in [-0.15, -0.1) is 6.42 Å². The highest BCUT2D eigenvalue weighted by Gasteiger charge is 2.37. The van der Waals surface area contributed by atoms with Crippen molar-refractivity contribution in [3.8, 4) is 23.6 Å². The fourth-order valence-corrected chi connectivity index (χ4v) is 4.35. The summed E-state index contributed by atoms with van der Waals surface area (Å²) in [7, 11) is 1.29. The van der Waals surface area contributed by atoms with E-state index in [2.05, 4.69) is 27.3 Å². The van der Waals surface area contributed by atoms with Crippen LogP contribution in [0.4, 0.5) is 4.79 Å². The quantitative estimate of drug-likeness (QED) is 0.576. The Hall–Kier alpha value is -3.79. The summed E-state index contributed by atoms with van der Waals surface area (Å²) in [4.78, 5) is 34.9. The summed E-state index contributed by atoms with van der Waals surface area (Å²) in [5, 5.41) is 4.85. The number of ether oxygens (including phenoxy) is 1. The molecule has 4 rings (SSSR count). The van der Waals surface area contributed by atoms with Gasteiger partial charge in [0, 0.05) is 17.7 Å². The van der Waals surface area contributed by atoms with Gasteiger partial charge in [-0.2, -0.15) is 0 Å². The highest BCUT2D eigenvalue weighted by Crippen LogP contribution is 2.33. The van der Waals surface area contributed by atoms with E-state index in [1.807, 2.05) is 49.1 Å². The number of likely N-dealkylation sites (tertiary alicyclic amines) is 1. The predicted molar refractivity (Wildman–Crippen MR) is 127 cm³/mol. The molecule has 1 fully saturated rings. The first-order valence-corrected chi connectivity index (χ1v) is 11.1. The Labute approximate surface area is 193 Å². The summed E-state index contributed by atoms with van der Waals surface area (Å²) in [6.07, 6.45) is 8.39. The molecule has 2 N–H and O–H groups in total. The zero-order valence-electron chi connectivity index (χ0n) is 19.1. The first kappa shape index (κ1) is 22.4. The molecule has 33 heavy (non-hydrogen) atoms. The Bertz CT molecular complexity index is 1220. The van der Waals surface area contributed by atoms with Crippen LogP contribution >= 0.6 is 0 Å². The molecule has 170 valence electrons. The molecule has 0 aliphatic carbocycles. The predicted octanol–water partition coefficient (Wildman–Crippen LogP) is 4.26. The van der Waals surface area contributed by atoms with E-state index in [9.17, 15) is 9.59 Å². The van der Waals surface area contributed by atoms with Crippen molar-refractivity contribution >= 4 is 22.8 Å². The van der Waals surface area contributed by atoms with Crippen molar-refractivity contribution in [2.45, 2.75) is 38.8 Å². The van der Waals surface area contributed by atoms with Crippen LogP contribution in [0.5, 0.6) is 0 Å². The zero-order chi connectivity index (χ0) is 23.5. The lowest BCUT2D eigenvalue weighted by atomic mass is 10.0. The molecular formula is C26H28N4O3. The number of hydrogen-bond donors (Lipinski definition) is 2. The van der Waals surface area contributed by atoms with Crippen molar-refractivity contribution < 1.29 is 14.3 Å². The van der Waals surface area contributed by atoms with Crippen LogP contribution in [0.15, 0.2) is 42.6 Å². The maximum atomic E-state index is 13.3. The van der Waals surface area contributed by atoms with E-state index in [-0.39, 0.29) is 17.9 Å². The van der Waals surface area contributed by atoms with Crippen molar-refractivity contribution in [3.63, 3.8) is 0 Å². The van der Waals surface area contributed by atoms with Gasteiger partial charge in [0.1, 0.15) is 11.9 Å². The lowest BCUT2D eigenvalue weighted by Crippen LogP contribution is -2.51. The van der Waals surface area contributed by atoms with Crippen LogP contribution in [-0.4, -0.2) is 46.6 Å². The van der Waals surface area contributed by atoms with Gasteiger partial charge in [0.25, 0.3) is 0 Å². The number of carbonyl (C=O) groups is 2. The monoisotopic (exact) mass is 444 g/mol. The van der Waals surface area contributed by atoms with Crippen LogP contribution in [0.3, 0.4) is 0 Å². The minimum Gasteiger partial charge on any atom is -0.453 e. The van der Waals surface area contributed by atoms with E-state index in [1.54, 1.807) is 6.20 Å². The van der Waals surface area contributed by atoms with E-state index in [0.717, 1.165) is 46.3 Å². The number of amides is 2. The largest absolute Gasteiger partial charge is 0.453 e. The van der Waals surface area contributed by atoms with Gasteiger partial charge in [0.05, 0.1) is 25.0 Å². The molecular weight excluding hydrogens is 416 g/mol. The Kier molecular flexibility index (Phi) is 6.36. The van der Waals surface area contributed by atoms with E-state index >= 15 is 0 Å². The molecule has 1 aromatic heterocycles. The smallest absolute Gasteiger partial charge is 0.407 e. The van der Waals surface area contributed by atoms with Crippen molar-refractivity contribution in [2.75, 3.05) is 13.7 Å². The minimum absolute atomic E-state index is 0.0717. The minimum atomic E-state index is -0.652. The average molecular weight is 445 g/mol. The fraction of sp³-hybridized carbons (Fsp3) is 0.346. The summed E-state index contributed by atoms with van der Waals surface area (Å²) in [6.45, 7) is 4.43. The molecule has 2 aromatic carbocycles. The van der Waals surface area contributed by atoms with Crippen molar-refractivity contribution in [1.29, 1.82) is 0 Å². The molecule has 7 heteroatoms. The lowest BCUT2D eigenvalue weighted by Gasteiger charge is -2.30. The van der Waals surface area contributed by atoms with Gasteiger partial charge in [0.15, 0.2) is 0 Å². The highest BCUT2D eigenvalue weighted by molar-refractivity contribution is 5.88. The number of alkyl carbamates (subject to hydrolysis) is 1. The first-order valence-electron chi connectivity index (χ1n) is 11.1. The van der Waals surface area contributed by atoms with Crippen LogP contribution in [0.25, 0.3) is 22.0 Å². The van der Waals surface area contributed by atoms with Crippen LogP contribution in [0.1, 0.15) is 44.1 Å².